The highest BCUT2D eigenvalue weighted by Crippen LogP contribution is 2.15. The first kappa shape index (κ1) is 15.1. The van der Waals surface area contributed by atoms with E-state index in [0.29, 0.717) is 37.6 Å². The predicted octanol–water partition coefficient (Wildman–Crippen LogP) is 0.625. The molecule has 0 atom stereocenters. The van der Waals surface area contributed by atoms with Gasteiger partial charge in [-0.3, -0.25) is 4.79 Å². The molecule has 1 aromatic rings. The molecule has 0 spiro atoms. The molecule has 3 amide bonds. The second-order valence-electron chi connectivity index (χ2n) is 5.01. The Hall–Kier alpha value is -2.31. The van der Waals surface area contributed by atoms with Crippen LogP contribution in [0.4, 0.5) is 4.79 Å². The molecule has 0 aliphatic carbocycles. The van der Waals surface area contributed by atoms with E-state index in [2.05, 4.69) is 4.98 Å². The molecule has 1 aliphatic rings. The van der Waals surface area contributed by atoms with Crippen LogP contribution in [0.2, 0.25) is 0 Å². The summed E-state index contributed by atoms with van der Waals surface area (Å²) in [4.78, 5) is 31.2. The zero-order valence-corrected chi connectivity index (χ0v) is 12.3. The Morgan fingerprint density at radius 3 is 2.52 bits per heavy atom. The number of primary amides is 1. The minimum absolute atomic E-state index is 0.0786. The van der Waals surface area contributed by atoms with E-state index in [1.54, 1.807) is 21.9 Å². The fourth-order valence-corrected chi connectivity index (χ4v) is 2.39. The minimum Gasteiger partial charge on any atom is -0.481 e. The van der Waals surface area contributed by atoms with E-state index in [-0.39, 0.29) is 5.91 Å². The Balaban J connectivity index is 2.13. The number of methoxy groups -OCH3 is 1. The van der Waals surface area contributed by atoms with E-state index < -0.39 is 6.03 Å². The van der Waals surface area contributed by atoms with Crippen molar-refractivity contribution in [2.45, 2.75) is 13.3 Å². The summed E-state index contributed by atoms with van der Waals surface area (Å²) in [5, 5.41) is 0. The SMILES string of the molecule is COc1cc(C(=O)N2CCCN(C(N)=O)CC2)cc(C)n1. The molecule has 2 heterocycles. The van der Waals surface area contributed by atoms with Gasteiger partial charge >= 0.3 is 6.03 Å². The number of hydrogen-bond acceptors (Lipinski definition) is 4. The van der Waals surface area contributed by atoms with Crippen molar-refractivity contribution in [3.05, 3.63) is 23.4 Å². The van der Waals surface area contributed by atoms with Gasteiger partial charge in [-0.1, -0.05) is 0 Å². The summed E-state index contributed by atoms with van der Waals surface area (Å²) in [7, 11) is 1.52. The lowest BCUT2D eigenvalue weighted by molar-refractivity contribution is 0.0762. The summed E-state index contributed by atoms with van der Waals surface area (Å²) >= 11 is 0. The Kier molecular flexibility index (Phi) is 4.62. The fraction of sp³-hybridized carbons (Fsp3) is 0.500. The fourth-order valence-electron chi connectivity index (χ4n) is 2.39. The normalized spacial score (nSPS) is 15.5. The molecule has 2 N–H and O–H groups in total. The number of amides is 3. The van der Waals surface area contributed by atoms with E-state index in [4.69, 9.17) is 10.5 Å². The van der Waals surface area contributed by atoms with Crippen LogP contribution in [0.15, 0.2) is 12.1 Å². The molecular formula is C14H20N4O3. The third kappa shape index (κ3) is 3.62. The second kappa shape index (κ2) is 6.43. The molecule has 114 valence electrons. The summed E-state index contributed by atoms with van der Waals surface area (Å²) in [6.45, 7) is 3.94. The van der Waals surface area contributed by atoms with Gasteiger partial charge in [-0.25, -0.2) is 9.78 Å². The van der Waals surface area contributed by atoms with Crippen molar-refractivity contribution in [3.63, 3.8) is 0 Å². The lowest BCUT2D eigenvalue weighted by Crippen LogP contribution is -2.39. The van der Waals surface area contributed by atoms with Crippen LogP contribution in [0.5, 0.6) is 5.88 Å². The number of aryl methyl sites for hydroxylation is 1. The number of ether oxygens (including phenoxy) is 1. The smallest absolute Gasteiger partial charge is 0.314 e. The van der Waals surface area contributed by atoms with Crippen molar-refractivity contribution in [3.8, 4) is 5.88 Å². The maximum Gasteiger partial charge on any atom is 0.314 e. The van der Waals surface area contributed by atoms with Crippen molar-refractivity contribution in [1.82, 2.24) is 14.8 Å². The summed E-state index contributed by atoms with van der Waals surface area (Å²) < 4.78 is 5.10. The highest BCUT2D eigenvalue weighted by molar-refractivity contribution is 5.94. The molecule has 7 nitrogen and oxygen atoms in total. The van der Waals surface area contributed by atoms with Gasteiger partial charge in [0.25, 0.3) is 5.91 Å². The first-order chi connectivity index (χ1) is 10.0. The quantitative estimate of drug-likeness (QED) is 0.865. The average molecular weight is 292 g/mol. The third-order valence-corrected chi connectivity index (χ3v) is 3.48. The van der Waals surface area contributed by atoms with Crippen LogP contribution in [-0.4, -0.2) is 60.0 Å². The van der Waals surface area contributed by atoms with Crippen LogP contribution in [0, 0.1) is 6.92 Å². The van der Waals surface area contributed by atoms with Crippen molar-refractivity contribution >= 4 is 11.9 Å². The van der Waals surface area contributed by atoms with Gasteiger partial charge in [0.2, 0.25) is 5.88 Å². The second-order valence-corrected chi connectivity index (χ2v) is 5.01. The number of hydrogen-bond donors (Lipinski definition) is 1. The third-order valence-electron chi connectivity index (χ3n) is 3.48. The first-order valence-corrected chi connectivity index (χ1v) is 6.87. The molecule has 1 aliphatic heterocycles. The molecular weight excluding hydrogens is 272 g/mol. The summed E-state index contributed by atoms with van der Waals surface area (Å²) in [5.74, 6) is 0.344. The van der Waals surface area contributed by atoms with E-state index >= 15 is 0 Å². The molecule has 0 aromatic carbocycles. The van der Waals surface area contributed by atoms with Crippen molar-refractivity contribution in [1.29, 1.82) is 0 Å². The highest BCUT2D eigenvalue weighted by atomic mass is 16.5. The zero-order chi connectivity index (χ0) is 15.4. The molecule has 1 fully saturated rings. The number of carbonyl (C=O) groups is 2. The summed E-state index contributed by atoms with van der Waals surface area (Å²) in [6, 6.07) is 2.93. The molecule has 7 heteroatoms. The van der Waals surface area contributed by atoms with Crippen molar-refractivity contribution in [2.75, 3.05) is 33.3 Å². The van der Waals surface area contributed by atoms with Gasteiger partial charge in [-0.05, 0) is 19.4 Å². The van der Waals surface area contributed by atoms with Crippen LogP contribution in [0.1, 0.15) is 22.5 Å². The van der Waals surface area contributed by atoms with Crippen LogP contribution in [0.25, 0.3) is 0 Å². The van der Waals surface area contributed by atoms with E-state index in [9.17, 15) is 9.59 Å². The number of pyridine rings is 1. The molecule has 1 saturated heterocycles. The standard InChI is InChI=1S/C14H20N4O3/c1-10-8-11(9-12(16-10)21-2)13(19)17-4-3-5-18(7-6-17)14(15)20/h8-9H,3-7H2,1-2H3,(H2,15,20). The minimum atomic E-state index is -0.439. The molecule has 21 heavy (non-hydrogen) atoms. The highest BCUT2D eigenvalue weighted by Gasteiger charge is 2.22. The number of nitrogens with zero attached hydrogens (tertiary/aromatic N) is 3. The molecule has 0 bridgehead atoms. The van der Waals surface area contributed by atoms with Crippen LogP contribution >= 0.6 is 0 Å². The van der Waals surface area contributed by atoms with Crippen LogP contribution in [-0.2, 0) is 0 Å². The van der Waals surface area contributed by atoms with Gasteiger partial charge in [-0.15, -0.1) is 0 Å². The lowest BCUT2D eigenvalue weighted by atomic mass is 10.2. The molecule has 0 radical (unpaired) electrons. The lowest BCUT2D eigenvalue weighted by Gasteiger charge is -2.21. The van der Waals surface area contributed by atoms with Gasteiger partial charge in [0, 0.05) is 43.5 Å². The molecule has 2 rings (SSSR count). The maximum absolute atomic E-state index is 12.6. The number of nitrogens with two attached hydrogens (primary N) is 1. The average Bonchev–Trinajstić information content (AvgIpc) is 2.71. The largest absolute Gasteiger partial charge is 0.481 e. The summed E-state index contributed by atoms with van der Waals surface area (Å²) in [6.07, 6.45) is 0.718. The van der Waals surface area contributed by atoms with Gasteiger partial charge in [0.05, 0.1) is 7.11 Å². The van der Waals surface area contributed by atoms with Gasteiger partial charge < -0.3 is 20.3 Å². The van der Waals surface area contributed by atoms with E-state index in [0.717, 1.165) is 12.1 Å². The number of carbonyl (C=O) groups excluding carboxylic acids is 2. The van der Waals surface area contributed by atoms with Crippen molar-refractivity contribution in [2.24, 2.45) is 5.73 Å². The molecule has 0 saturated carbocycles. The monoisotopic (exact) mass is 292 g/mol. The van der Waals surface area contributed by atoms with Gasteiger partial charge in [-0.2, -0.15) is 0 Å². The maximum atomic E-state index is 12.6. The Bertz CT molecular complexity index is 547. The Morgan fingerprint density at radius 1 is 1.19 bits per heavy atom. The van der Waals surface area contributed by atoms with Crippen molar-refractivity contribution < 1.29 is 14.3 Å². The number of rotatable bonds is 2. The topological polar surface area (TPSA) is 88.8 Å². The van der Waals surface area contributed by atoms with Gasteiger partial charge in [0.15, 0.2) is 0 Å². The van der Waals surface area contributed by atoms with E-state index in [1.165, 1.54) is 7.11 Å². The number of urea groups is 1. The Morgan fingerprint density at radius 2 is 1.86 bits per heavy atom. The number of aromatic nitrogens is 1. The van der Waals surface area contributed by atoms with Crippen LogP contribution < -0.4 is 10.5 Å². The molecule has 0 unspecified atom stereocenters. The summed E-state index contributed by atoms with van der Waals surface area (Å²) in [5.41, 5.74) is 6.56. The van der Waals surface area contributed by atoms with Crippen LogP contribution in [0.3, 0.4) is 0 Å². The zero-order valence-electron chi connectivity index (χ0n) is 12.3. The molecule has 1 aromatic heterocycles. The van der Waals surface area contributed by atoms with E-state index in [1.807, 2.05) is 6.92 Å². The first-order valence-electron chi connectivity index (χ1n) is 6.87. The predicted molar refractivity (Wildman–Crippen MR) is 77.2 cm³/mol. The van der Waals surface area contributed by atoms with Gasteiger partial charge in [0.1, 0.15) is 0 Å². The Labute approximate surface area is 123 Å².